The quantitative estimate of drug-likeness (QED) is 0.789. The molecular weight excluding hydrogens is 316 g/mol. The van der Waals surface area contributed by atoms with E-state index in [2.05, 4.69) is 12.2 Å². The van der Waals surface area contributed by atoms with Crippen LogP contribution >= 0.6 is 0 Å². The van der Waals surface area contributed by atoms with E-state index in [0.717, 1.165) is 43.4 Å². The molecule has 2 amide bonds. The Morgan fingerprint density at radius 1 is 1.32 bits per heavy atom. The summed E-state index contributed by atoms with van der Waals surface area (Å²) in [7, 11) is 1.65. The van der Waals surface area contributed by atoms with Gasteiger partial charge in [0.05, 0.1) is 19.3 Å². The number of carbonyl (C=O) groups excluding carboxylic acids is 1. The Balaban J connectivity index is 1.97. The highest BCUT2D eigenvalue weighted by atomic mass is 16.5. The Morgan fingerprint density at radius 2 is 1.96 bits per heavy atom. The number of nitrogens with zero attached hydrogens (tertiary/aromatic N) is 1. The first kappa shape index (κ1) is 19.6. The van der Waals surface area contributed by atoms with Gasteiger partial charge in [-0.1, -0.05) is 31.9 Å². The molecule has 0 spiro atoms. The van der Waals surface area contributed by atoms with Crippen molar-refractivity contribution < 1.29 is 14.6 Å². The highest BCUT2D eigenvalue weighted by Crippen LogP contribution is 2.24. The lowest BCUT2D eigenvalue weighted by Crippen LogP contribution is -2.46. The third-order valence-corrected chi connectivity index (χ3v) is 5.17. The maximum Gasteiger partial charge on any atom is 0.317 e. The summed E-state index contributed by atoms with van der Waals surface area (Å²) in [5.41, 5.74) is 1.11. The molecule has 1 aliphatic rings. The molecule has 0 saturated carbocycles. The first-order valence-electron chi connectivity index (χ1n) is 9.42. The summed E-state index contributed by atoms with van der Waals surface area (Å²) in [6.45, 7) is 5.42. The number of unbranched alkanes of at least 4 members (excludes halogenated alkanes) is 1. The largest absolute Gasteiger partial charge is 0.497 e. The van der Waals surface area contributed by atoms with Crippen molar-refractivity contribution in [3.8, 4) is 5.75 Å². The van der Waals surface area contributed by atoms with Gasteiger partial charge in [-0.25, -0.2) is 4.79 Å². The maximum atomic E-state index is 12.7. The van der Waals surface area contributed by atoms with Crippen LogP contribution < -0.4 is 10.1 Å². The van der Waals surface area contributed by atoms with Gasteiger partial charge in [0.1, 0.15) is 5.75 Å². The average molecular weight is 348 g/mol. The van der Waals surface area contributed by atoms with E-state index in [-0.39, 0.29) is 18.2 Å². The second kappa shape index (κ2) is 9.66. The van der Waals surface area contributed by atoms with E-state index >= 15 is 0 Å². The number of methoxy groups -OCH3 is 1. The summed E-state index contributed by atoms with van der Waals surface area (Å²) in [6.07, 6.45) is 4.55. The number of aliphatic hydroxyl groups excluding tert-OH is 1. The summed E-state index contributed by atoms with van der Waals surface area (Å²) in [5.74, 6) is 1.13. The van der Waals surface area contributed by atoms with E-state index in [1.54, 1.807) is 7.11 Å². The summed E-state index contributed by atoms with van der Waals surface area (Å²) < 4.78 is 5.22. The molecule has 2 rings (SSSR count). The topological polar surface area (TPSA) is 61.8 Å². The SMILES string of the molecule is CCCCC(NC(=O)N1CCC(C(C)O)CC1)c1ccc(OC)cc1. The zero-order valence-corrected chi connectivity index (χ0v) is 15.7. The molecule has 1 aromatic carbocycles. The number of nitrogens with one attached hydrogen (secondary N) is 1. The van der Waals surface area contributed by atoms with E-state index in [1.807, 2.05) is 36.1 Å². The van der Waals surface area contributed by atoms with Crippen molar-refractivity contribution >= 4 is 6.03 Å². The Hall–Kier alpha value is -1.75. The lowest BCUT2D eigenvalue weighted by atomic mass is 9.92. The molecule has 2 atom stereocenters. The normalized spacial score (nSPS) is 17.8. The van der Waals surface area contributed by atoms with Crippen molar-refractivity contribution in [3.63, 3.8) is 0 Å². The molecule has 0 aliphatic carbocycles. The van der Waals surface area contributed by atoms with Crippen molar-refractivity contribution in [2.75, 3.05) is 20.2 Å². The molecule has 1 fully saturated rings. The van der Waals surface area contributed by atoms with Crippen LogP contribution in [-0.4, -0.2) is 42.3 Å². The number of urea groups is 1. The van der Waals surface area contributed by atoms with Crippen molar-refractivity contribution in [3.05, 3.63) is 29.8 Å². The zero-order valence-electron chi connectivity index (χ0n) is 15.7. The standard InChI is InChI=1S/C20H32N2O3/c1-4-5-6-19(17-7-9-18(25-3)10-8-17)21-20(24)22-13-11-16(12-14-22)15(2)23/h7-10,15-16,19,23H,4-6,11-14H2,1-3H3,(H,21,24). The Kier molecular flexibility index (Phi) is 7.56. The molecule has 1 aliphatic heterocycles. The smallest absolute Gasteiger partial charge is 0.317 e. The predicted molar refractivity (Wildman–Crippen MR) is 99.8 cm³/mol. The fourth-order valence-electron chi connectivity index (χ4n) is 3.39. The number of likely N-dealkylation sites (tertiary alicyclic amines) is 1. The molecule has 140 valence electrons. The van der Waals surface area contributed by atoms with Gasteiger partial charge in [0.2, 0.25) is 0 Å². The number of hydrogen-bond acceptors (Lipinski definition) is 3. The van der Waals surface area contributed by atoms with Crippen LogP contribution in [0.15, 0.2) is 24.3 Å². The van der Waals surface area contributed by atoms with Gasteiger partial charge < -0.3 is 20.1 Å². The van der Waals surface area contributed by atoms with E-state index in [4.69, 9.17) is 4.74 Å². The minimum absolute atomic E-state index is 0.000893. The monoisotopic (exact) mass is 348 g/mol. The molecule has 1 aromatic rings. The van der Waals surface area contributed by atoms with E-state index < -0.39 is 0 Å². The first-order valence-corrected chi connectivity index (χ1v) is 9.42. The minimum atomic E-state index is -0.290. The molecule has 2 N–H and O–H groups in total. The summed E-state index contributed by atoms with van der Waals surface area (Å²) in [6, 6.07) is 7.95. The van der Waals surface area contributed by atoms with Gasteiger partial charge in [-0.2, -0.15) is 0 Å². The Bertz CT molecular complexity index is 522. The van der Waals surface area contributed by atoms with Crippen LogP contribution in [0.1, 0.15) is 57.6 Å². The van der Waals surface area contributed by atoms with Gasteiger partial charge in [0.15, 0.2) is 0 Å². The number of benzene rings is 1. The molecule has 1 heterocycles. The zero-order chi connectivity index (χ0) is 18.2. The van der Waals surface area contributed by atoms with Gasteiger partial charge >= 0.3 is 6.03 Å². The molecule has 0 aromatic heterocycles. The van der Waals surface area contributed by atoms with Gasteiger partial charge in [-0.05, 0) is 49.8 Å². The highest BCUT2D eigenvalue weighted by Gasteiger charge is 2.26. The third-order valence-electron chi connectivity index (χ3n) is 5.17. The van der Waals surface area contributed by atoms with Crippen LogP contribution in [0, 0.1) is 5.92 Å². The van der Waals surface area contributed by atoms with E-state index in [0.29, 0.717) is 19.0 Å². The number of ether oxygens (including phenoxy) is 1. The van der Waals surface area contributed by atoms with Crippen molar-refractivity contribution in [1.29, 1.82) is 0 Å². The van der Waals surface area contributed by atoms with Crippen LogP contribution in [0.5, 0.6) is 5.75 Å². The van der Waals surface area contributed by atoms with Crippen molar-refractivity contribution in [2.45, 2.75) is 58.1 Å². The number of rotatable bonds is 7. The van der Waals surface area contributed by atoms with Gasteiger partial charge in [-0.3, -0.25) is 0 Å². The molecule has 25 heavy (non-hydrogen) atoms. The molecular formula is C20H32N2O3. The summed E-state index contributed by atoms with van der Waals surface area (Å²) in [4.78, 5) is 14.5. The van der Waals surface area contributed by atoms with Gasteiger partial charge in [0.25, 0.3) is 0 Å². The highest BCUT2D eigenvalue weighted by molar-refractivity contribution is 5.74. The number of aliphatic hydroxyl groups is 1. The van der Waals surface area contributed by atoms with Gasteiger partial charge in [0, 0.05) is 13.1 Å². The lowest BCUT2D eigenvalue weighted by Gasteiger charge is -2.34. The molecule has 5 heteroatoms. The fraction of sp³-hybridized carbons (Fsp3) is 0.650. The second-order valence-corrected chi connectivity index (χ2v) is 6.98. The molecule has 1 saturated heterocycles. The van der Waals surface area contributed by atoms with Crippen LogP contribution in [0.2, 0.25) is 0 Å². The molecule has 5 nitrogen and oxygen atoms in total. The van der Waals surface area contributed by atoms with E-state index in [1.165, 1.54) is 0 Å². The molecule has 0 bridgehead atoms. The first-order chi connectivity index (χ1) is 12.0. The van der Waals surface area contributed by atoms with Crippen molar-refractivity contribution in [2.24, 2.45) is 5.92 Å². The predicted octanol–water partition coefficient (Wildman–Crippen LogP) is 3.73. The number of amides is 2. The lowest BCUT2D eigenvalue weighted by molar-refractivity contribution is 0.0792. The fourth-order valence-corrected chi connectivity index (χ4v) is 3.39. The number of carbonyl (C=O) groups is 1. The Labute approximate surface area is 151 Å². The van der Waals surface area contributed by atoms with Crippen LogP contribution in [0.3, 0.4) is 0 Å². The van der Waals surface area contributed by atoms with E-state index in [9.17, 15) is 9.90 Å². The third kappa shape index (κ3) is 5.63. The number of piperidine rings is 1. The van der Waals surface area contributed by atoms with Crippen LogP contribution in [0.4, 0.5) is 4.79 Å². The van der Waals surface area contributed by atoms with Gasteiger partial charge in [-0.15, -0.1) is 0 Å². The second-order valence-electron chi connectivity index (χ2n) is 6.98. The molecule has 0 radical (unpaired) electrons. The van der Waals surface area contributed by atoms with Crippen LogP contribution in [0.25, 0.3) is 0 Å². The van der Waals surface area contributed by atoms with Crippen molar-refractivity contribution in [1.82, 2.24) is 10.2 Å². The average Bonchev–Trinajstić information content (AvgIpc) is 2.65. The van der Waals surface area contributed by atoms with Crippen LogP contribution in [-0.2, 0) is 0 Å². The molecule has 2 unspecified atom stereocenters. The maximum absolute atomic E-state index is 12.7. The summed E-state index contributed by atoms with van der Waals surface area (Å²) >= 11 is 0. The Morgan fingerprint density at radius 3 is 2.48 bits per heavy atom. The minimum Gasteiger partial charge on any atom is -0.497 e. The number of hydrogen-bond donors (Lipinski definition) is 2. The summed E-state index contributed by atoms with van der Waals surface area (Å²) in [5, 5.41) is 12.9.